The number of carbonyl (C=O) groups excluding carboxylic acids is 6. The van der Waals surface area contributed by atoms with Crippen molar-refractivity contribution in [1.82, 2.24) is 4.90 Å². The quantitative estimate of drug-likeness (QED) is 0.136. The average Bonchev–Trinajstić information content (AvgIpc) is 3.34. The van der Waals surface area contributed by atoms with E-state index in [9.17, 15) is 49.2 Å². The Balaban J connectivity index is 1.63. The molecule has 4 N–H and O–H groups in total. The maximum absolute atomic E-state index is 14.5. The lowest BCUT2D eigenvalue weighted by Gasteiger charge is -2.49. The molecule has 0 aromatic heterocycles. The van der Waals surface area contributed by atoms with Crippen LogP contribution in [0.5, 0.6) is 0 Å². The zero-order valence-electron chi connectivity index (χ0n) is 43.1. The van der Waals surface area contributed by atoms with Gasteiger partial charge in [-0.2, -0.15) is 0 Å². The fourth-order valence-corrected chi connectivity index (χ4v) is 10.2. The van der Waals surface area contributed by atoms with Crippen LogP contribution in [0.4, 0.5) is 9.59 Å². The van der Waals surface area contributed by atoms with Gasteiger partial charge in [-0.1, -0.05) is 64.1 Å². The summed E-state index contributed by atoms with van der Waals surface area (Å²) in [4.78, 5) is 83.5. The van der Waals surface area contributed by atoms with Gasteiger partial charge in [0.15, 0.2) is 18.7 Å². The van der Waals surface area contributed by atoms with Gasteiger partial charge in [0.2, 0.25) is 0 Å². The number of nitrogens with zero attached hydrogens (tertiary/aromatic N) is 1. The van der Waals surface area contributed by atoms with Gasteiger partial charge < -0.3 is 68.0 Å². The first-order chi connectivity index (χ1) is 33.7. The number of carbonyl (C=O) groups is 6. The molecule has 3 aliphatic rings. The van der Waals surface area contributed by atoms with Crippen molar-refractivity contribution in [2.75, 3.05) is 14.2 Å². The molecule has 0 aliphatic carbocycles. The topological polar surface area (TPSA) is 270 Å². The van der Waals surface area contributed by atoms with Crippen LogP contribution in [0.15, 0.2) is 60.7 Å². The van der Waals surface area contributed by atoms with Gasteiger partial charge in [0, 0.05) is 38.3 Å². The SMILES string of the molecule is CC[C@H]1OC(=O)[C@H](C)[C@@H](OC2CC(C)(OC)C(O)C(C)O2)[C@H](C)[C@@H](OC2OC(C)CC(N(C)C(=O)OC(=O)c3ccccc3)C2OC(=O)OC(=O)c2ccccc2)[C@](C)(O)C[C@@H](C)C(=O)[C@H](C)[C@@H](O)[C@]1(C)O. The largest absolute Gasteiger partial charge is 0.516 e. The maximum Gasteiger partial charge on any atom is 0.516 e. The average molecular weight is 1020 g/mol. The Bertz CT molecular complexity index is 2190. The first-order valence-corrected chi connectivity index (χ1v) is 24.4. The number of hydrogen-bond acceptors (Lipinski definition) is 19. The van der Waals surface area contributed by atoms with Gasteiger partial charge in [-0.25, -0.2) is 19.2 Å². The maximum atomic E-state index is 14.5. The van der Waals surface area contributed by atoms with Gasteiger partial charge in [0.05, 0.1) is 64.8 Å². The Morgan fingerprint density at radius 2 is 1.33 bits per heavy atom. The van der Waals surface area contributed by atoms with Gasteiger partial charge in [-0.05, 0) is 85.1 Å². The molecule has 3 aliphatic heterocycles. The van der Waals surface area contributed by atoms with E-state index in [0.717, 1.165) is 4.90 Å². The Morgan fingerprint density at radius 1 is 0.764 bits per heavy atom. The number of ketones is 1. The molecule has 400 valence electrons. The fourth-order valence-electron chi connectivity index (χ4n) is 10.2. The van der Waals surface area contributed by atoms with E-state index in [4.69, 9.17) is 42.6 Å². The van der Waals surface area contributed by atoms with Crippen molar-refractivity contribution in [2.24, 2.45) is 23.7 Å². The molecule has 5 rings (SSSR count). The summed E-state index contributed by atoms with van der Waals surface area (Å²) in [7, 11) is 2.70. The highest BCUT2D eigenvalue weighted by molar-refractivity contribution is 5.96. The zero-order chi connectivity index (χ0) is 53.6. The van der Waals surface area contributed by atoms with Gasteiger partial charge in [-0.15, -0.1) is 0 Å². The molecule has 0 radical (unpaired) electrons. The van der Waals surface area contributed by atoms with Gasteiger partial charge in [0.25, 0.3) is 0 Å². The number of Topliss-reactive ketones (excluding diaryl/α,β-unsaturated/α-hetero) is 1. The van der Waals surface area contributed by atoms with Crippen LogP contribution in [0.1, 0.15) is 116 Å². The van der Waals surface area contributed by atoms with E-state index in [-0.39, 0.29) is 36.8 Å². The minimum Gasteiger partial charge on any atom is -0.459 e. The molecule has 0 spiro atoms. The van der Waals surface area contributed by atoms with Crippen LogP contribution in [0, 0.1) is 23.7 Å². The van der Waals surface area contributed by atoms with Crippen molar-refractivity contribution >= 4 is 35.9 Å². The molecule has 3 fully saturated rings. The van der Waals surface area contributed by atoms with Crippen molar-refractivity contribution < 1.29 is 91.8 Å². The van der Waals surface area contributed by atoms with Crippen LogP contribution >= 0.6 is 0 Å². The van der Waals surface area contributed by atoms with Gasteiger partial charge in [0.1, 0.15) is 23.6 Å². The van der Waals surface area contributed by atoms with Crippen molar-refractivity contribution in [3.8, 4) is 0 Å². The molecule has 2 aromatic carbocycles. The highest BCUT2D eigenvalue weighted by atomic mass is 16.8. The van der Waals surface area contributed by atoms with E-state index in [0.29, 0.717) is 0 Å². The molecular weight excluding hydrogens is 943 g/mol. The van der Waals surface area contributed by atoms with Gasteiger partial charge in [-0.3, -0.25) is 9.59 Å². The molecule has 0 saturated carbocycles. The number of amides is 1. The van der Waals surface area contributed by atoms with E-state index < -0.39 is 144 Å². The first-order valence-electron chi connectivity index (χ1n) is 24.4. The molecule has 20 nitrogen and oxygen atoms in total. The monoisotopic (exact) mass is 1020 g/mol. The molecule has 3 saturated heterocycles. The summed E-state index contributed by atoms with van der Waals surface area (Å²) in [6, 6.07) is 14.0. The Kier molecular flexibility index (Phi) is 19.3. The summed E-state index contributed by atoms with van der Waals surface area (Å²) in [6.45, 7) is 15.2. The molecule has 18 atom stereocenters. The minimum absolute atomic E-state index is 0.00626. The standard InChI is InChI=1S/C52H73NO19/c1-13-36-52(10,63)41(55)29(4)38(54)27(2)25-50(8,62)43(30(5)39(31(6)44(57)67-36)68-37-26-51(9,64-12)42(56)32(7)66-37)70-47-40(69-49(61)72-46(59)34-22-18-15-19-23-34)35(24-28(3)65-47)53(11)48(60)71-45(58)33-20-16-14-17-21-33/h14-23,27-32,35-37,39-43,47,55-56,62-63H,13,24-26H2,1-12H3/t27-,28?,29+,30+,31-,32?,35?,36-,37?,39+,40?,41-,42?,43-,47?,50-,51?,52-/m1/s1. The normalized spacial score (nSPS) is 38.1. The summed E-state index contributed by atoms with van der Waals surface area (Å²) < 4.78 is 54.0. The fraction of sp³-hybridized carbons (Fsp3) is 0.654. The second-order valence-electron chi connectivity index (χ2n) is 20.2. The van der Waals surface area contributed by atoms with E-state index >= 15 is 0 Å². The number of aliphatic hydroxyl groups excluding tert-OH is 2. The van der Waals surface area contributed by atoms with Crippen LogP contribution in [0.25, 0.3) is 0 Å². The van der Waals surface area contributed by atoms with E-state index in [2.05, 4.69) is 0 Å². The second-order valence-corrected chi connectivity index (χ2v) is 20.2. The Labute approximate surface area is 420 Å². The molecule has 1 amide bonds. The summed E-state index contributed by atoms with van der Waals surface area (Å²) in [6.07, 6.45) is -16.6. The Hall–Kier alpha value is -4.90. The summed E-state index contributed by atoms with van der Waals surface area (Å²) in [5.74, 6) is -8.25. The third-order valence-corrected chi connectivity index (χ3v) is 14.5. The van der Waals surface area contributed by atoms with Crippen LogP contribution in [0.2, 0.25) is 0 Å². The summed E-state index contributed by atoms with van der Waals surface area (Å²) in [5, 5.41) is 47.3. The number of aliphatic hydroxyl groups is 4. The zero-order valence-corrected chi connectivity index (χ0v) is 43.1. The molecule has 3 heterocycles. The van der Waals surface area contributed by atoms with Crippen LogP contribution in [0.3, 0.4) is 0 Å². The third-order valence-electron chi connectivity index (χ3n) is 14.5. The summed E-state index contributed by atoms with van der Waals surface area (Å²) >= 11 is 0. The predicted molar refractivity (Wildman–Crippen MR) is 254 cm³/mol. The van der Waals surface area contributed by atoms with E-state index in [1.165, 1.54) is 73.0 Å². The molecule has 72 heavy (non-hydrogen) atoms. The van der Waals surface area contributed by atoms with Crippen molar-refractivity contribution in [3.63, 3.8) is 0 Å². The number of methoxy groups -OCH3 is 1. The second kappa shape index (κ2) is 24.0. The smallest absolute Gasteiger partial charge is 0.459 e. The lowest BCUT2D eigenvalue weighted by Crippen LogP contribution is -2.62. The molecular formula is C52H73NO19. The minimum atomic E-state index is -2.13. The number of benzene rings is 2. The van der Waals surface area contributed by atoms with Crippen molar-refractivity contribution in [2.45, 2.75) is 179 Å². The van der Waals surface area contributed by atoms with E-state index in [1.807, 2.05) is 0 Å². The number of ether oxygens (including phenoxy) is 9. The molecule has 20 heteroatoms. The van der Waals surface area contributed by atoms with E-state index in [1.54, 1.807) is 71.0 Å². The molecule has 8 unspecified atom stereocenters. The number of cyclic esters (lactones) is 1. The van der Waals surface area contributed by atoms with Gasteiger partial charge >= 0.3 is 30.2 Å². The molecule has 2 aromatic rings. The summed E-state index contributed by atoms with van der Waals surface area (Å²) in [5.41, 5.74) is -5.37. The van der Waals surface area contributed by atoms with Crippen LogP contribution < -0.4 is 0 Å². The number of likely N-dealkylation sites (N-methyl/N-ethyl adjacent to an activating group) is 1. The third kappa shape index (κ3) is 13.2. The predicted octanol–water partition coefficient (Wildman–Crippen LogP) is 5.13. The van der Waals surface area contributed by atoms with Crippen LogP contribution in [-0.4, -0.2) is 160 Å². The number of hydrogen-bond donors (Lipinski definition) is 4. The molecule has 0 bridgehead atoms. The van der Waals surface area contributed by atoms with Crippen molar-refractivity contribution in [3.05, 3.63) is 71.8 Å². The number of rotatable bonds is 10. The first kappa shape index (κ1) is 58.0. The lowest BCUT2D eigenvalue weighted by atomic mass is 9.74. The van der Waals surface area contributed by atoms with Crippen LogP contribution in [-0.2, 0) is 52.2 Å². The lowest BCUT2D eigenvalue weighted by molar-refractivity contribution is -0.317. The highest BCUT2D eigenvalue weighted by Gasteiger charge is 2.55. The highest BCUT2D eigenvalue weighted by Crippen LogP contribution is 2.41. The Morgan fingerprint density at radius 3 is 1.89 bits per heavy atom. The number of esters is 3. The van der Waals surface area contributed by atoms with Crippen molar-refractivity contribution in [1.29, 1.82) is 0 Å².